The zero-order valence-corrected chi connectivity index (χ0v) is 16.6. The van der Waals surface area contributed by atoms with Crippen molar-refractivity contribution in [3.8, 4) is 5.95 Å². The number of benzene rings is 3. The Balaban J connectivity index is 1.82. The number of hydrogen-bond acceptors (Lipinski definition) is 4. The Labute approximate surface area is 173 Å². The Hall–Kier alpha value is -2.73. The molecule has 134 valence electrons. The molecule has 0 N–H and O–H groups in total. The first-order valence-electron chi connectivity index (χ1n) is 8.61. The van der Waals surface area contributed by atoms with E-state index in [9.17, 15) is 0 Å². The number of fused-ring (bicyclic) bond motifs is 6. The summed E-state index contributed by atoms with van der Waals surface area (Å²) >= 11 is 13.9. The predicted octanol–water partition coefficient (Wildman–Crippen LogP) is 6.64. The second-order valence-corrected chi connectivity index (χ2v) is 8.25. The average molecular weight is 421 g/mol. The molecule has 0 atom stereocenters. The lowest BCUT2D eigenvalue weighted by Gasteiger charge is -2.06. The van der Waals surface area contributed by atoms with Gasteiger partial charge in [0.25, 0.3) is 0 Å². The van der Waals surface area contributed by atoms with Gasteiger partial charge in [-0.3, -0.25) is 4.57 Å². The largest absolute Gasteiger partial charge is 0.278 e. The monoisotopic (exact) mass is 420 g/mol. The summed E-state index contributed by atoms with van der Waals surface area (Å²) in [6.45, 7) is 0. The number of rotatable bonds is 1. The van der Waals surface area contributed by atoms with Gasteiger partial charge in [-0.1, -0.05) is 36.4 Å². The van der Waals surface area contributed by atoms with Gasteiger partial charge in [0, 0.05) is 30.9 Å². The zero-order chi connectivity index (χ0) is 18.8. The van der Waals surface area contributed by atoms with E-state index in [0.717, 1.165) is 21.8 Å². The molecule has 0 amide bonds. The molecule has 0 radical (unpaired) electrons. The first-order chi connectivity index (χ1) is 13.7. The van der Waals surface area contributed by atoms with Gasteiger partial charge in [0.15, 0.2) is 0 Å². The first kappa shape index (κ1) is 16.2. The van der Waals surface area contributed by atoms with E-state index in [1.54, 1.807) is 11.3 Å². The number of para-hydroxylation sites is 1. The normalized spacial score (nSPS) is 11.9. The van der Waals surface area contributed by atoms with Crippen LogP contribution in [0.15, 0.2) is 60.7 Å². The quantitative estimate of drug-likeness (QED) is 0.299. The molecule has 0 saturated heterocycles. The van der Waals surface area contributed by atoms with Crippen LogP contribution in [0.5, 0.6) is 0 Å². The fraction of sp³-hybridized carbons (Fsp3) is 0. The number of nitrogens with zero attached hydrogens (tertiary/aromatic N) is 4. The van der Waals surface area contributed by atoms with E-state index in [1.165, 1.54) is 20.2 Å². The summed E-state index contributed by atoms with van der Waals surface area (Å²) in [5.41, 5.74) is 2.01. The first-order valence-corrected chi connectivity index (χ1v) is 10.2. The third kappa shape index (κ3) is 2.27. The molecule has 3 aromatic carbocycles. The molecule has 0 saturated carbocycles. The van der Waals surface area contributed by atoms with Crippen LogP contribution in [0.2, 0.25) is 10.6 Å². The maximum absolute atomic E-state index is 6.06. The van der Waals surface area contributed by atoms with E-state index in [1.807, 2.05) is 22.8 Å². The van der Waals surface area contributed by atoms with Crippen molar-refractivity contribution < 1.29 is 0 Å². The van der Waals surface area contributed by atoms with Crippen molar-refractivity contribution in [3.05, 3.63) is 71.2 Å². The molecule has 4 nitrogen and oxygen atoms in total. The van der Waals surface area contributed by atoms with Gasteiger partial charge in [-0.2, -0.15) is 15.0 Å². The van der Waals surface area contributed by atoms with Crippen molar-refractivity contribution in [2.24, 2.45) is 0 Å². The summed E-state index contributed by atoms with van der Waals surface area (Å²) in [6.07, 6.45) is 0. The van der Waals surface area contributed by atoms with E-state index < -0.39 is 0 Å². The second-order valence-electron chi connectivity index (χ2n) is 6.49. The third-order valence-corrected chi connectivity index (χ3v) is 6.41. The van der Waals surface area contributed by atoms with Crippen LogP contribution < -0.4 is 0 Å². The summed E-state index contributed by atoms with van der Waals surface area (Å²) in [6, 6.07) is 21.1. The third-order valence-electron chi connectivity index (χ3n) is 4.94. The average Bonchev–Trinajstić information content (AvgIpc) is 3.20. The Morgan fingerprint density at radius 2 is 1.36 bits per heavy atom. The lowest BCUT2D eigenvalue weighted by atomic mass is 10.1. The van der Waals surface area contributed by atoms with E-state index >= 15 is 0 Å². The van der Waals surface area contributed by atoms with Crippen molar-refractivity contribution in [1.29, 1.82) is 0 Å². The van der Waals surface area contributed by atoms with Crippen molar-refractivity contribution in [2.75, 3.05) is 0 Å². The van der Waals surface area contributed by atoms with Crippen LogP contribution in [0.1, 0.15) is 0 Å². The van der Waals surface area contributed by atoms with Gasteiger partial charge in [0.2, 0.25) is 16.5 Å². The molecule has 0 unspecified atom stereocenters. The standard InChI is InChI=1S/C21H10Cl2N4S/c22-19-24-20(23)26-21(25-19)27-15-7-3-1-5-11(15)13-9-14-12-6-2-4-8-17(12)28-18(14)10-16(13)27/h1-10H. The predicted molar refractivity (Wildman–Crippen MR) is 117 cm³/mol. The molecular formula is C21H10Cl2N4S. The Morgan fingerprint density at radius 1 is 0.643 bits per heavy atom. The number of halogens is 2. The minimum atomic E-state index is 0.0730. The highest BCUT2D eigenvalue weighted by molar-refractivity contribution is 7.25. The van der Waals surface area contributed by atoms with Gasteiger partial charge >= 0.3 is 0 Å². The molecule has 6 rings (SSSR count). The minimum Gasteiger partial charge on any atom is -0.278 e. The van der Waals surface area contributed by atoms with E-state index in [-0.39, 0.29) is 10.6 Å². The molecule has 0 fully saturated rings. The smallest absolute Gasteiger partial charge is 0.240 e. The molecule has 3 heterocycles. The fourth-order valence-electron chi connectivity index (χ4n) is 3.82. The Morgan fingerprint density at radius 3 is 2.18 bits per heavy atom. The van der Waals surface area contributed by atoms with E-state index in [4.69, 9.17) is 23.2 Å². The van der Waals surface area contributed by atoms with Crippen molar-refractivity contribution in [3.63, 3.8) is 0 Å². The summed E-state index contributed by atoms with van der Waals surface area (Å²) in [5, 5.41) is 4.93. The van der Waals surface area contributed by atoms with Gasteiger partial charge < -0.3 is 0 Å². The maximum atomic E-state index is 6.06. The molecular weight excluding hydrogens is 411 g/mol. The molecule has 0 aliphatic heterocycles. The molecule has 28 heavy (non-hydrogen) atoms. The fourth-order valence-corrected chi connectivity index (χ4v) is 5.29. The van der Waals surface area contributed by atoms with Crippen molar-refractivity contribution in [2.45, 2.75) is 0 Å². The van der Waals surface area contributed by atoms with Crippen LogP contribution in [0, 0.1) is 0 Å². The number of hydrogen-bond donors (Lipinski definition) is 0. The van der Waals surface area contributed by atoms with E-state index in [0.29, 0.717) is 5.95 Å². The summed E-state index contributed by atoms with van der Waals surface area (Å²) in [5.74, 6) is 0.414. The molecule has 6 aromatic rings. The van der Waals surface area contributed by atoms with Gasteiger partial charge in [0.05, 0.1) is 11.0 Å². The maximum Gasteiger partial charge on any atom is 0.240 e. The van der Waals surface area contributed by atoms with Gasteiger partial charge in [-0.25, -0.2) is 0 Å². The number of aromatic nitrogens is 4. The van der Waals surface area contributed by atoms with Crippen LogP contribution in [0.4, 0.5) is 0 Å². The van der Waals surface area contributed by atoms with Crippen molar-refractivity contribution in [1.82, 2.24) is 19.5 Å². The highest BCUT2D eigenvalue weighted by Crippen LogP contribution is 2.40. The Kier molecular flexibility index (Phi) is 3.41. The topological polar surface area (TPSA) is 43.6 Å². The summed E-state index contributed by atoms with van der Waals surface area (Å²) in [7, 11) is 0. The van der Waals surface area contributed by atoms with Crippen LogP contribution in [0.3, 0.4) is 0 Å². The van der Waals surface area contributed by atoms with Gasteiger partial charge in [-0.05, 0) is 47.5 Å². The van der Waals surface area contributed by atoms with E-state index in [2.05, 4.69) is 57.4 Å². The highest BCUT2D eigenvalue weighted by atomic mass is 35.5. The molecule has 3 aromatic heterocycles. The molecule has 0 aliphatic carbocycles. The molecule has 0 spiro atoms. The molecule has 0 bridgehead atoms. The van der Waals surface area contributed by atoms with Crippen LogP contribution >= 0.6 is 34.5 Å². The zero-order valence-electron chi connectivity index (χ0n) is 14.2. The highest BCUT2D eigenvalue weighted by Gasteiger charge is 2.17. The Bertz CT molecular complexity index is 1530. The van der Waals surface area contributed by atoms with Crippen LogP contribution in [-0.2, 0) is 0 Å². The second kappa shape index (κ2) is 5.88. The molecule has 0 aliphatic rings. The SMILES string of the molecule is Clc1nc(Cl)nc(-n2c3ccccc3c3cc4c(cc32)sc2ccccc24)n1. The van der Waals surface area contributed by atoms with Crippen molar-refractivity contribution >= 4 is 76.5 Å². The van der Waals surface area contributed by atoms with Gasteiger partial charge in [-0.15, -0.1) is 11.3 Å². The lowest BCUT2D eigenvalue weighted by Crippen LogP contribution is -2.02. The van der Waals surface area contributed by atoms with Crippen LogP contribution in [-0.4, -0.2) is 19.5 Å². The van der Waals surface area contributed by atoms with Gasteiger partial charge in [0.1, 0.15) is 0 Å². The lowest BCUT2D eigenvalue weighted by molar-refractivity contribution is 0.941. The summed E-state index contributed by atoms with van der Waals surface area (Å²) < 4.78 is 4.48. The summed E-state index contributed by atoms with van der Waals surface area (Å²) in [4.78, 5) is 12.5. The molecule has 7 heteroatoms. The van der Waals surface area contributed by atoms with Crippen LogP contribution in [0.25, 0.3) is 47.9 Å². The number of thiophene rings is 1. The minimum absolute atomic E-state index is 0.0730.